The zero-order valence-electron chi connectivity index (χ0n) is 21.9. The number of benzene rings is 3. The highest BCUT2D eigenvalue weighted by molar-refractivity contribution is 6.34. The van der Waals surface area contributed by atoms with Crippen LogP contribution in [0.4, 0.5) is 5.69 Å². The van der Waals surface area contributed by atoms with E-state index in [9.17, 15) is 9.59 Å². The zero-order valence-corrected chi connectivity index (χ0v) is 22.7. The number of fused-ring (bicyclic) bond motifs is 3. The number of hydrogen-bond acceptors (Lipinski definition) is 5. The summed E-state index contributed by atoms with van der Waals surface area (Å²) in [4.78, 5) is 27.4. The number of nitrogens with one attached hydrogen (secondary N) is 1. The lowest BCUT2D eigenvalue weighted by atomic mass is 9.88. The number of ether oxygens (including phenoxy) is 1. The van der Waals surface area contributed by atoms with Crippen LogP contribution in [0.2, 0.25) is 5.02 Å². The molecule has 5 rings (SSSR count). The normalized spacial score (nSPS) is 12.1. The molecule has 1 heterocycles. The molecule has 200 valence electrons. The maximum atomic E-state index is 12.9. The molecule has 2 amide bonds. The third-order valence-corrected chi connectivity index (χ3v) is 7.03. The van der Waals surface area contributed by atoms with Gasteiger partial charge in [0.25, 0.3) is 11.8 Å². The number of amides is 2. The molecule has 0 unspecified atom stereocenters. The molecule has 1 aromatic heterocycles. The average molecular weight is 544 g/mol. The van der Waals surface area contributed by atoms with Gasteiger partial charge >= 0.3 is 0 Å². The van der Waals surface area contributed by atoms with Crippen LogP contribution < -0.4 is 15.8 Å². The van der Waals surface area contributed by atoms with Crippen molar-refractivity contribution in [2.24, 2.45) is 5.73 Å². The van der Waals surface area contributed by atoms with Crippen molar-refractivity contribution < 1.29 is 14.3 Å². The first-order valence-corrected chi connectivity index (χ1v) is 13.2. The second-order valence-corrected chi connectivity index (χ2v) is 10.2. The number of aryl methyl sites for hydroxylation is 1. The van der Waals surface area contributed by atoms with Gasteiger partial charge in [0.2, 0.25) is 0 Å². The number of halogens is 1. The van der Waals surface area contributed by atoms with Crippen molar-refractivity contribution in [2.75, 3.05) is 32.6 Å². The van der Waals surface area contributed by atoms with Crippen LogP contribution in [0.5, 0.6) is 5.75 Å². The van der Waals surface area contributed by atoms with E-state index in [0.717, 1.165) is 53.2 Å². The molecular formula is C30H30ClN5O3. The first kappa shape index (κ1) is 26.5. The minimum atomic E-state index is -0.572. The van der Waals surface area contributed by atoms with Gasteiger partial charge in [0, 0.05) is 23.4 Å². The van der Waals surface area contributed by atoms with Crippen LogP contribution in [0.3, 0.4) is 0 Å². The molecule has 0 bridgehead atoms. The summed E-state index contributed by atoms with van der Waals surface area (Å²) in [5.41, 5.74) is 11.3. The van der Waals surface area contributed by atoms with Gasteiger partial charge in [-0.2, -0.15) is 5.10 Å². The van der Waals surface area contributed by atoms with Crippen molar-refractivity contribution in [3.63, 3.8) is 0 Å². The van der Waals surface area contributed by atoms with E-state index in [-0.39, 0.29) is 11.6 Å². The number of primary amides is 1. The van der Waals surface area contributed by atoms with E-state index in [1.54, 1.807) is 28.9 Å². The number of nitrogens with zero attached hydrogens (tertiary/aromatic N) is 3. The van der Waals surface area contributed by atoms with Crippen molar-refractivity contribution in [3.8, 4) is 22.7 Å². The van der Waals surface area contributed by atoms with Crippen LogP contribution >= 0.6 is 11.6 Å². The van der Waals surface area contributed by atoms with Crippen molar-refractivity contribution in [1.29, 1.82) is 0 Å². The van der Waals surface area contributed by atoms with Crippen molar-refractivity contribution in [1.82, 2.24) is 14.7 Å². The van der Waals surface area contributed by atoms with Gasteiger partial charge in [-0.3, -0.25) is 9.59 Å². The number of nitrogens with two attached hydrogens (primary N) is 1. The largest absolute Gasteiger partial charge is 0.494 e. The first-order chi connectivity index (χ1) is 18.8. The molecule has 0 radical (unpaired) electrons. The molecule has 0 saturated heterocycles. The second kappa shape index (κ2) is 11.3. The van der Waals surface area contributed by atoms with Crippen LogP contribution in [0.1, 0.15) is 38.4 Å². The highest BCUT2D eigenvalue weighted by Crippen LogP contribution is 2.38. The molecule has 39 heavy (non-hydrogen) atoms. The van der Waals surface area contributed by atoms with Crippen LogP contribution in [0.15, 0.2) is 66.7 Å². The van der Waals surface area contributed by atoms with E-state index in [4.69, 9.17) is 22.1 Å². The smallest absolute Gasteiger partial charge is 0.269 e. The molecule has 8 nitrogen and oxygen atoms in total. The average Bonchev–Trinajstić information content (AvgIpc) is 3.32. The predicted molar refractivity (Wildman–Crippen MR) is 153 cm³/mol. The molecule has 4 aromatic rings. The van der Waals surface area contributed by atoms with E-state index < -0.39 is 5.91 Å². The molecule has 1 aliphatic carbocycles. The van der Waals surface area contributed by atoms with Gasteiger partial charge in [-0.05, 0) is 87.5 Å². The summed E-state index contributed by atoms with van der Waals surface area (Å²) in [5.74, 6) is -0.111. The number of carbonyl (C=O) groups excluding carboxylic acids is 2. The summed E-state index contributed by atoms with van der Waals surface area (Å²) in [6.45, 7) is 1.57. The Morgan fingerprint density at radius 3 is 2.56 bits per heavy atom. The summed E-state index contributed by atoms with van der Waals surface area (Å²) in [5, 5.41) is 7.95. The molecule has 0 atom stereocenters. The molecule has 9 heteroatoms. The van der Waals surface area contributed by atoms with Crippen LogP contribution in [-0.2, 0) is 12.8 Å². The summed E-state index contributed by atoms with van der Waals surface area (Å²) in [6, 6.07) is 20.3. The van der Waals surface area contributed by atoms with Gasteiger partial charge in [-0.25, -0.2) is 4.68 Å². The van der Waals surface area contributed by atoms with E-state index in [1.165, 1.54) is 0 Å². The Balaban J connectivity index is 1.47. The van der Waals surface area contributed by atoms with Gasteiger partial charge in [0.15, 0.2) is 5.69 Å². The van der Waals surface area contributed by atoms with Crippen molar-refractivity contribution in [3.05, 3.63) is 94.1 Å². The van der Waals surface area contributed by atoms with Crippen molar-refractivity contribution >= 4 is 29.1 Å². The predicted octanol–water partition coefficient (Wildman–Crippen LogP) is 4.97. The Kier molecular flexibility index (Phi) is 7.67. The Hall–Kier alpha value is -4.14. The van der Waals surface area contributed by atoms with Crippen molar-refractivity contribution in [2.45, 2.75) is 19.3 Å². The lowest BCUT2D eigenvalue weighted by Crippen LogP contribution is -2.15. The fourth-order valence-corrected chi connectivity index (χ4v) is 5.02. The highest BCUT2D eigenvalue weighted by atomic mass is 35.5. The summed E-state index contributed by atoms with van der Waals surface area (Å²) in [6.07, 6.45) is 2.29. The highest BCUT2D eigenvalue weighted by Gasteiger charge is 2.28. The number of carbonyl (C=O) groups is 2. The fraction of sp³-hybridized carbons (Fsp3) is 0.233. The molecule has 0 saturated carbocycles. The summed E-state index contributed by atoms with van der Waals surface area (Å²) < 4.78 is 7.63. The quantitative estimate of drug-likeness (QED) is 0.290. The first-order valence-electron chi connectivity index (χ1n) is 12.8. The third-order valence-electron chi connectivity index (χ3n) is 6.70. The number of anilines is 1. The Morgan fingerprint density at radius 1 is 1.08 bits per heavy atom. The molecule has 0 aliphatic heterocycles. The summed E-state index contributed by atoms with van der Waals surface area (Å²) in [7, 11) is 4.07. The SMILES string of the molecule is CN(C)CCCOc1ccc(-n2nc(C(N)=O)c3c2-c2cc(NC(=O)c4ccccc4Cl)ccc2CC3)cc1. The van der Waals surface area contributed by atoms with Crippen LogP contribution in [0.25, 0.3) is 16.9 Å². The fourth-order valence-electron chi connectivity index (χ4n) is 4.80. The maximum absolute atomic E-state index is 12.9. The number of aromatic nitrogens is 2. The number of hydrogen-bond donors (Lipinski definition) is 2. The van der Waals surface area contributed by atoms with E-state index in [1.807, 2.05) is 56.6 Å². The van der Waals surface area contributed by atoms with Gasteiger partial charge < -0.3 is 20.7 Å². The third kappa shape index (κ3) is 5.67. The van der Waals surface area contributed by atoms with E-state index in [2.05, 4.69) is 15.3 Å². The molecule has 1 aliphatic rings. The molecular weight excluding hydrogens is 514 g/mol. The zero-order chi connectivity index (χ0) is 27.5. The Bertz CT molecular complexity index is 1530. The molecule has 0 spiro atoms. The molecule has 3 N–H and O–H groups in total. The minimum Gasteiger partial charge on any atom is -0.494 e. The topological polar surface area (TPSA) is 102 Å². The second-order valence-electron chi connectivity index (χ2n) is 9.76. The van der Waals surface area contributed by atoms with E-state index in [0.29, 0.717) is 29.3 Å². The lowest BCUT2D eigenvalue weighted by Gasteiger charge is -2.20. The molecule has 0 fully saturated rings. The lowest BCUT2D eigenvalue weighted by molar-refractivity contribution is 0.0992. The van der Waals surface area contributed by atoms with E-state index >= 15 is 0 Å². The number of rotatable bonds is 9. The van der Waals surface area contributed by atoms with Gasteiger partial charge in [-0.15, -0.1) is 0 Å². The maximum Gasteiger partial charge on any atom is 0.269 e. The Labute approximate surface area is 232 Å². The van der Waals surface area contributed by atoms with Gasteiger partial charge in [-0.1, -0.05) is 29.8 Å². The van der Waals surface area contributed by atoms with Gasteiger partial charge in [0.1, 0.15) is 5.75 Å². The van der Waals surface area contributed by atoms with Crippen LogP contribution in [0, 0.1) is 0 Å². The Morgan fingerprint density at radius 2 is 1.85 bits per heavy atom. The minimum absolute atomic E-state index is 0.255. The summed E-state index contributed by atoms with van der Waals surface area (Å²) >= 11 is 6.22. The molecule has 3 aromatic carbocycles. The van der Waals surface area contributed by atoms with Crippen LogP contribution in [-0.4, -0.2) is 53.7 Å². The standard InChI is InChI=1S/C30H30ClN5O3/c1-35(2)16-5-17-39-22-13-11-21(12-14-22)36-28-24(27(34-36)29(32)37)15-9-19-8-10-20(18-25(19)28)33-30(38)23-6-3-4-7-26(23)31/h3-4,6-8,10-14,18H,5,9,15-17H2,1-2H3,(H2,32,37)(H,33,38). The monoisotopic (exact) mass is 543 g/mol. The van der Waals surface area contributed by atoms with Gasteiger partial charge in [0.05, 0.1) is 28.6 Å².